The first-order valence-corrected chi connectivity index (χ1v) is 7.13. The normalized spacial score (nSPS) is 11.1. The number of nitrogens with zero attached hydrogens (tertiary/aromatic N) is 2. The van der Waals surface area contributed by atoms with Gasteiger partial charge in [0.2, 0.25) is 0 Å². The highest BCUT2D eigenvalue weighted by atomic mass is 16.3. The summed E-state index contributed by atoms with van der Waals surface area (Å²) in [5, 5.41) is 9.25. The van der Waals surface area contributed by atoms with Gasteiger partial charge < -0.3 is 5.11 Å². The van der Waals surface area contributed by atoms with E-state index < -0.39 is 0 Å². The van der Waals surface area contributed by atoms with Crippen LogP contribution in [0.3, 0.4) is 0 Å². The number of aromatic nitrogens is 2. The van der Waals surface area contributed by atoms with Crippen molar-refractivity contribution in [2.24, 2.45) is 0 Å². The monoisotopic (exact) mass is 282 g/mol. The zero-order valence-corrected chi connectivity index (χ0v) is 12.2. The highest BCUT2D eigenvalue weighted by Crippen LogP contribution is 2.16. The van der Waals surface area contributed by atoms with Gasteiger partial charge in [-0.2, -0.15) is 0 Å². The van der Waals surface area contributed by atoms with Crippen molar-refractivity contribution in [3.63, 3.8) is 0 Å². The molecule has 4 heteroatoms. The Bertz CT molecular complexity index is 760. The smallest absolute Gasteiger partial charge is 0.356 e. The molecule has 0 atom stereocenters. The second-order valence-electron chi connectivity index (χ2n) is 5.29. The fraction of sp³-hybridized carbons (Fsp3) is 0.235. The van der Waals surface area contributed by atoms with Gasteiger partial charge in [0.15, 0.2) is 0 Å². The molecule has 4 nitrogen and oxygen atoms in total. The lowest BCUT2D eigenvalue weighted by Crippen LogP contribution is -2.37. The van der Waals surface area contributed by atoms with Crippen LogP contribution < -0.4 is 10.3 Å². The van der Waals surface area contributed by atoms with Crippen molar-refractivity contribution < 1.29 is 9.67 Å². The predicted molar refractivity (Wildman–Crippen MR) is 83.9 cm³/mol. The van der Waals surface area contributed by atoms with Crippen molar-refractivity contribution in [1.29, 1.82) is 0 Å². The summed E-state index contributed by atoms with van der Waals surface area (Å²) in [6.07, 6.45) is 0. The summed E-state index contributed by atoms with van der Waals surface area (Å²) in [7, 11) is 0. The van der Waals surface area contributed by atoms with Crippen molar-refractivity contribution in [3.05, 3.63) is 59.7 Å². The Hall–Kier alpha value is -2.33. The van der Waals surface area contributed by atoms with Crippen LogP contribution in [0.4, 0.5) is 5.95 Å². The molecule has 0 bridgehead atoms. The molecule has 0 aliphatic rings. The average molecular weight is 282 g/mol. The molecule has 0 aliphatic carbocycles. The van der Waals surface area contributed by atoms with E-state index in [1.54, 1.807) is 0 Å². The first-order valence-electron chi connectivity index (χ1n) is 7.13. The summed E-state index contributed by atoms with van der Waals surface area (Å²) < 4.78 is 4.05. The first-order chi connectivity index (χ1) is 10.2. The molecule has 0 saturated heterocycles. The van der Waals surface area contributed by atoms with Gasteiger partial charge in [0.1, 0.15) is 11.0 Å². The van der Waals surface area contributed by atoms with Crippen molar-refractivity contribution in [1.82, 2.24) is 4.57 Å². The van der Waals surface area contributed by atoms with E-state index in [2.05, 4.69) is 41.8 Å². The minimum Gasteiger partial charge on any atom is -0.393 e. The van der Waals surface area contributed by atoms with Crippen LogP contribution in [0, 0.1) is 6.92 Å². The molecule has 21 heavy (non-hydrogen) atoms. The third-order valence-corrected chi connectivity index (χ3v) is 3.80. The third kappa shape index (κ3) is 2.50. The third-order valence-electron chi connectivity index (χ3n) is 3.80. The van der Waals surface area contributed by atoms with Gasteiger partial charge in [-0.05, 0) is 24.6 Å². The van der Waals surface area contributed by atoms with Crippen molar-refractivity contribution in [3.8, 4) is 0 Å². The summed E-state index contributed by atoms with van der Waals surface area (Å²) in [6.45, 7) is 3.39. The summed E-state index contributed by atoms with van der Waals surface area (Å²) >= 11 is 0. The van der Waals surface area contributed by atoms with Crippen molar-refractivity contribution in [2.45, 2.75) is 20.0 Å². The van der Waals surface area contributed by atoms with E-state index >= 15 is 0 Å². The average Bonchev–Trinajstić information content (AvgIpc) is 2.76. The van der Waals surface area contributed by atoms with E-state index in [0.29, 0.717) is 12.5 Å². The molecule has 1 heterocycles. The lowest BCUT2D eigenvalue weighted by Gasteiger charge is -2.03. The number of aryl methyl sites for hydroxylation is 1. The maximum absolute atomic E-state index is 9.25. The maximum atomic E-state index is 9.25. The Morgan fingerprint density at radius 2 is 1.81 bits per heavy atom. The topological polar surface area (TPSA) is 55.1 Å². The Morgan fingerprint density at radius 1 is 1.10 bits per heavy atom. The quantitative estimate of drug-likeness (QED) is 0.718. The zero-order chi connectivity index (χ0) is 14.8. The van der Waals surface area contributed by atoms with E-state index in [4.69, 9.17) is 5.73 Å². The molecule has 0 radical (unpaired) electrons. The Morgan fingerprint density at radius 3 is 2.52 bits per heavy atom. The van der Waals surface area contributed by atoms with E-state index in [0.717, 1.165) is 17.6 Å². The minimum atomic E-state index is 0.0768. The number of imidazole rings is 1. The maximum Gasteiger partial charge on any atom is 0.356 e. The van der Waals surface area contributed by atoms with Gasteiger partial charge in [0.05, 0.1) is 19.7 Å². The van der Waals surface area contributed by atoms with Gasteiger partial charge in [0, 0.05) is 0 Å². The molecule has 3 N–H and O–H groups in total. The number of hydrogen-bond donors (Lipinski definition) is 2. The van der Waals surface area contributed by atoms with E-state index in [9.17, 15) is 5.11 Å². The molecule has 0 fully saturated rings. The van der Waals surface area contributed by atoms with Crippen molar-refractivity contribution in [2.75, 3.05) is 12.3 Å². The van der Waals surface area contributed by atoms with Crippen molar-refractivity contribution >= 4 is 17.0 Å². The van der Waals surface area contributed by atoms with Crippen LogP contribution in [0.5, 0.6) is 0 Å². The molecule has 0 saturated carbocycles. The fourth-order valence-corrected chi connectivity index (χ4v) is 2.69. The van der Waals surface area contributed by atoms with Gasteiger partial charge in [-0.3, -0.25) is 5.73 Å². The van der Waals surface area contributed by atoms with E-state index in [1.165, 1.54) is 11.1 Å². The number of rotatable bonds is 4. The van der Waals surface area contributed by atoms with Crippen LogP contribution in [-0.2, 0) is 13.1 Å². The van der Waals surface area contributed by atoms with Gasteiger partial charge >= 0.3 is 5.95 Å². The number of benzene rings is 2. The van der Waals surface area contributed by atoms with Gasteiger partial charge in [0.25, 0.3) is 0 Å². The molecular formula is C17H20N3O+. The number of hydrogen-bond acceptors (Lipinski definition) is 2. The lowest BCUT2D eigenvalue weighted by molar-refractivity contribution is -0.648. The number of anilines is 1. The second kappa shape index (κ2) is 5.58. The Balaban J connectivity index is 2.09. The number of aliphatic hydroxyl groups is 1. The van der Waals surface area contributed by atoms with Crippen LogP contribution in [-0.4, -0.2) is 16.3 Å². The molecule has 3 rings (SSSR count). The Labute approximate surface area is 124 Å². The molecule has 0 amide bonds. The number of nitrogen functional groups attached to an aromatic ring is 1. The Kier molecular flexibility index (Phi) is 3.62. The van der Waals surface area contributed by atoms with Crippen LogP contribution in [0.2, 0.25) is 0 Å². The van der Waals surface area contributed by atoms with Crippen LogP contribution >= 0.6 is 0 Å². The number of fused-ring (bicyclic) bond motifs is 1. The SMILES string of the molecule is Cc1ccc(C[n+]2c(N)n(CCO)c3ccccc32)cc1. The molecular weight excluding hydrogens is 262 g/mol. The van der Waals surface area contributed by atoms with Crippen LogP contribution in [0.1, 0.15) is 11.1 Å². The van der Waals surface area contributed by atoms with Gasteiger partial charge in [-0.15, -0.1) is 0 Å². The predicted octanol–water partition coefficient (Wildman–Crippen LogP) is 1.86. The number of para-hydroxylation sites is 2. The molecule has 3 aromatic rings. The van der Waals surface area contributed by atoms with Crippen LogP contribution in [0.25, 0.3) is 11.0 Å². The highest BCUT2D eigenvalue weighted by Gasteiger charge is 2.20. The zero-order valence-electron chi connectivity index (χ0n) is 12.2. The minimum absolute atomic E-state index is 0.0768. The summed E-state index contributed by atoms with van der Waals surface area (Å²) in [4.78, 5) is 0. The van der Waals surface area contributed by atoms with Crippen LogP contribution in [0.15, 0.2) is 48.5 Å². The van der Waals surface area contributed by atoms with Gasteiger partial charge in [-0.25, -0.2) is 9.13 Å². The number of nitrogens with two attached hydrogens (primary N) is 1. The number of aliphatic hydroxyl groups excluding tert-OH is 1. The van der Waals surface area contributed by atoms with E-state index in [1.807, 2.05) is 22.8 Å². The molecule has 0 unspecified atom stereocenters. The highest BCUT2D eigenvalue weighted by molar-refractivity contribution is 5.73. The van der Waals surface area contributed by atoms with Gasteiger partial charge in [-0.1, -0.05) is 42.0 Å². The second-order valence-corrected chi connectivity index (χ2v) is 5.29. The molecule has 0 spiro atoms. The fourth-order valence-electron chi connectivity index (χ4n) is 2.69. The molecule has 1 aromatic heterocycles. The molecule has 0 aliphatic heterocycles. The molecule has 108 valence electrons. The standard InChI is InChI=1S/C17H19N3O/c1-13-6-8-14(9-7-13)12-20-16-5-3-2-4-15(16)19(10-11-21)17(20)18/h2-9,18,21H,10-12H2,1H3/p+1. The summed E-state index contributed by atoms with van der Waals surface area (Å²) in [6, 6.07) is 16.6. The molecule has 2 aromatic carbocycles. The lowest BCUT2D eigenvalue weighted by atomic mass is 10.1. The van der Waals surface area contributed by atoms with E-state index in [-0.39, 0.29) is 6.61 Å². The summed E-state index contributed by atoms with van der Waals surface area (Å²) in [5.41, 5.74) is 10.9. The largest absolute Gasteiger partial charge is 0.393 e. The first kappa shape index (κ1) is 13.6. The summed E-state index contributed by atoms with van der Waals surface area (Å²) in [5.74, 6) is 0.672.